The molecular weight excluding hydrogens is 367 g/mol. The molecular formula is C21H16F3N3O. The first-order chi connectivity index (χ1) is 13.4. The van der Waals surface area contributed by atoms with E-state index in [9.17, 15) is 18.0 Å². The number of aromatic nitrogens is 2. The van der Waals surface area contributed by atoms with Crippen LogP contribution in [-0.4, -0.2) is 15.9 Å². The fourth-order valence-electron chi connectivity index (χ4n) is 2.47. The Morgan fingerprint density at radius 3 is 2.18 bits per heavy atom. The van der Waals surface area contributed by atoms with E-state index in [1.807, 2.05) is 24.3 Å². The molecule has 1 aromatic heterocycles. The second-order valence-electron chi connectivity index (χ2n) is 5.99. The van der Waals surface area contributed by atoms with Crippen LogP contribution in [0.3, 0.4) is 0 Å². The molecule has 0 fully saturated rings. The zero-order valence-electron chi connectivity index (χ0n) is 14.6. The summed E-state index contributed by atoms with van der Waals surface area (Å²) >= 11 is 0. The van der Waals surface area contributed by atoms with Crippen molar-refractivity contribution in [3.63, 3.8) is 0 Å². The molecule has 0 aliphatic rings. The van der Waals surface area contributed by atoms with Crippen LogP contribution in [0.4, 0.5) is 13.2 Å². The molecule has 0 aliphatic carbocycles. The number of nitrogens with zero attached hydrogens (tertiary/aromatic N) is 2. The average Bonchev–Trinajstić information content (AvgIpc) is 2.71. The molecule has 0 bridgehead atoms. The Hall–Kier alpha value is -3.48. The quantitative estimate of drug-likeness (QED) is 0.661. The number of hydrogen-bond donors (Lipinski definition) is 1. The fraction of sp³-hybridized carbons (Fsp3) is 0.0952. The second kappa shape index (κ2) is 8.47. The van der Waals surface area contributed by atoms with E-state index in [0.29, 0.717) is 12.1 Å². The van der Waals surface area contributed by atoms with Crippen LogP contribution in [0.1, 0.15) is 16.7 Å². The Morgan fingerprint density at radius 2 is 1.57 bits per heavy atom. The molecule has 142 valence electrons. The van der Waals surface area contributed by atoms with Gasteiger partial charge in [-0.05, 0) is 34.9 Å². The van der Waals surface area contributed by atoms with E-state index in [0.717, 1.165) is 28.8 Å². The van der Waals surface area contributed by atoms with Gasteiger partial charge in [0, 0.05) is 30.6 Å². The molecule has 0 atom stereocenters. The minimum atomic E-state index is -4.37. The SMILES string of the molecule is O=C(C=Cc1ccc(C(F)(F)F)cc1)NCc1ccc(-c2cncnc2)cc1. The largest absolute Gasteiger partial charge is 0.416 e. The molecule has 1 amide bonds. The summed E-state index contributed by atoms with van der Waals surface area (Å²) in [6, 6.07) is 12.2. The van der Waals surface area contributed by atoms with Crippen LogP contribution in [0.25, 0.3) is 17.2 Å². The van der Waals surface area contributed by atoms with Crippen molar-refractivity contribution in [3.8, 4) is 11.1 Å². The second-order valence-corrected chi connectivity index (χ2v) is 5.99. The predicted molar refractivity (Wildman–Crippen MR) is 99.8 cm³/mol. The number of rotatable bonds is 5. The normalized spacial score (nSPS) is 11.5. The summed E-state index contributed by atoms with van der Waals surface area (Å²) in [5.74, 6) is -0.333. The highest BCUT2D eigenvalue weighted by atomic mass is 19.4. The molecule has 0 saturated carbocycles. The van der Waals surface area contributed by atoms with Gasteiger partial charge < -0.3 is 5.32 Å². The minimum absolute atomic E-state index is 0.333. The number of carbonyl (C=O) groups is 1. The van der Waals surface area contributed by atoms with Gasteiger partial charge in [0.25, 0.3) is 0 Å². The highest BCUT2D eigenvalue weighted by Crippen LogP contribution is 2.29. The number of amides is 1. The lowest BCUT2D eigenvalue weighted by Crippen LogP contribution is -2.20. The molecule has 3 aromatic rings. The maximum absolute atomic E-state index is 12.5. The van der Waals surface area contributed by atoms with Gasteiger partial charge in [-0.2, -0.15) is 13.2 Å². The molecule has 7 heteroatoms. The van der Waals surface area contributed by atoms with E-state index < -0.39 is 11.7 Å². The summed E-state index contributed by atoms with van der Waals surface area (Å²) < 4.78 is 37.6. The zero-order chi connectivity index (χ0) is 20.0. The molecule has 4 nitrogen and oxygen atoms in total. The van der Waals surface area contributed by atoms with Crippen LogP contribution in [0, 0.1) is 0 Å². The van der Waals surface area contributed by atoms with Gasteiger partial charge in [-0.15, -0.1) is 0 Å². The van der Waals surface area contributed by atoms with Gasteiger partial charge in [-0.25, -0.2) is 9.97 Å². The third kappa shape index (κ3) is 5.26. The molecule has 2 aromatic carbocycles. The van der Waals surface area contributed by atoms with Crippen LogP contribution in [0.15, 0.2) is 73.3 Å². The standard InChI is InChI=1S/C21H16F3N3O/c22-21(23,24)19-8-3-15(4-9-19)5-10-20(28)27-11-16-1-6-17(7-2-16)18-12-25-14-26-13-18/h1-10,12-14H,11H2,(H,27,28). The van der Waals surface area contributed by atoms with Gasteiger partial charge in [0.05, 0.1) is 5.56 Å². The first kappa shape index (κ1) is 19.3. The summed E-state index contributed by atoms with van der Waals surface area (Å²) in [7, 11) is 0. The van der Waals surface area contributed by atoms with Gasteiger partial charge in [-0.1, -0.05) is 36.4 Å². The predicted octanol–water partition coefficient (Wildman–Crippen LogP) is 4.49. The molecule has 0 radical (unpaired) electrons. The Labute approximate surface area is 159 Å². The molecule has 0 spiro atoms. The lowest BCUT2D eigenvalue weighted by Gasteiger charge is -2.06. The lowest BCUT2D eigenvalue weighted by atomic mass is 10.1. The van der Waals surface area contributed by atoms with Crippen molar-refractivity contribution >= 4 is 12.0 Å². The van der Waals surface area contributed by atoms with Gasteiger partial charge in [0.2, 0.25) is 5.91 Å². The summed E-state index contributed by atoms with van der Waals surface area (Å²) in [5.41, 5.74) is 2.57. The number of alkyl halides is 3. The molecule has 1 heterocycles. The van der Waals surface area contributed by atoms with Crippen molar-refractivity contribution in [2.75, 3.05) is 0 Å². The van der Waals surface area contributed by atoms with Crippen LogP contribution >= 0.6 is 0 Å². The Balaban J connectivity index is 1.53. The van der Waals surface area contributed by atoms with Gasteiger partial charge >= 0.3 is 6.18 Å². The molecule has 0 unspecified atom stereocenters. The van der Waals surface area contributed by atoms with E-state index in [1.165, 1.54) is 30.6 Å². The molecule has 28 heavy (non-hydrogen) atoms. The van der Waals surface area contributed by atoms with E-state index in [4.69, 9.17) is 0 Å². The average molecular weight is 383 g/mol. The number of benzene rings is 2. The van der Waals surface area contributed by atoms with Gasteiger partial charge in [0.1, 0.15) is 6.33 Å². The Kier molecular flexibility index (Phi) is 5.84. The molecule has 0 saturated heterocycles. The van der Waals surface area contributed by atoms with E-state index in [-0.39, 0.29) is 5.91 Å². The summed E-state index contributed by atoms with van der Waals surface area (Å²) in [6.45, 7) is 0.335. The van der Waals surface area contributed by atoms with Crippen molar-refractivity contribution < 1.29 is 18.0 Å². The third-order valence-corrected chi connectivity index (χ3v) is 3.98. The van der Waals surface area contributed by atoms with Crippen LogP contribution < -0.4 is 5.32 Å². The minimum Gasteiger partial charge on any atom is -0.348 e. The summed E-state index contributed by atoms with van der Waals surface area (Å²) in [5, 5.41) is 2.73. The number of hydrogen-bond acceptors (Lipinski definition) is 3. The first-order valence-electron chi connectivity index (χ1n) is 8.39. The maximum atomic E-state index is 12.5. The number of halogens is 3. The topological polar surface area (TPSA) is 54.9 Å². The third-order valence-electron chi connectivity index (χ3n) is 3.98. The van der Waals surface area contributed by atoms with E-state index in [1.54, 1.807) is 12.4 Å². The molecule has 3 rings (SSSR count). The maximum Gasteiger partial charge on any atom is 0.416 e. The first-order valence-corrected chi connectivity index (χ1v) is 8.39. The lowest BCUT2D eigenvalue weighted by molar-refractivity contribution is -0.137. The number of nitrogens with one attached hydrogen (secondary N) is 1. The van der Waals surface area contributed by atoms with Crippen LogP contribution in [0.2, 0.25) is 0 Å². The van der Waals surface area contributed by atoms with Crippen molar-refractivity contribution in [1.29, 1.82) is 0 Å². The monoisotopic (exact) mass is 383 g/mol. The Bertz CT molecular complexity index is 951. The van der Waals surface area contributed by atoms with Crippen LogP contribution in [-0.2, 0) is 17.5 Å². The molecule has 0 aliphatic heterocycles. The van der Waals surface area contributed by atoms with E-state index >= 15 is 0 Å². The van der Waals surface area contributed by atoms with Crippen molar-refractivity contribution in [2.24, 2.45) is 0 Å². The van der Waals surface area contributed by atoms with Gasteiger partial charge in [-0.3, -0.25) is 4.79 Å². The fourth-order valence-corrected chi connectivity index (χ4v) is 2.47. The van der Waals surface area contributed by atoms with Gasteiger partial charge in [0.15, 0.2) is 0 Å². The van der Waals surface area contributed by atoms with Crippen molar-refractivity contribution in [3.05, 3.63) is 90.0 Å². The summed E-state index contributed by atoms with van der Waals surface area (Å²) in [4.78, 5) is 19.9. The van der Waals surface area contributed by atoms with Crippen molar-refractivity contribution in [1.82, 2.24) is 15.3 Å². The summed E-state index contributed by atoms with van der Waals surface area (Å²) in [6.07, 6.45) is 3.28. The van der Waals surface area contributed by atoms with Crippen LogP contribution in [0.5, 0.6) is 0 Å². The smallest absolute Gasteiger partial charge is 0.348 e. The highest BCUT2D eigenvalue weighted by Gasteiger charge is 2.29. The molecule has 1 N–H and O–H groups in total. The zero-order valence-corrected chi connectivity index (χ0v) is 14.6. The van der Waals surface area contributed by atoms with Crippen molar-refractivity contribution in [2.45, 2.75) is 12.7 Å². The van der Waals surface area contributed by atoms with E-state index in [2.05, 4.69) is 15.3 Å². The Morgan fingerprint density at radius 1 is 0.929 bits per heavy atom. The highest BCUT2D eigenvalue weighted by molar-refractivity contribution is 5.91. The number of carbonyl (C=O) groups excluding carboxylic acids is 1.